The Morgan fingerprint density at radius 3 is 2.82 bits per heavy atom. The van der Waals surface area contributed by atoms with Crippen molar-refractivity contribution in [2.75, 3.05) is 13.1 Å². The summed E-state index contributed by atoms with van der Waals surface area (Å²) in [6.45, 7) is 4.50. The fraction of sp³-hybridized carbons (Fsp3) is 0.867. The number of nitrogens with one attached hydrogen (secondary N) is 2. The summed E-state index contributed by atoms with van der Waals surface area (Å²) in [6, 6.07) is 1.57. The van der Waals surface area contributed by atoms with E-state index < -0.39 is 0 Å². The molecule has 1 aliphatic heterocycles. The second-order valence-electron chi connectivity index (χ2n) is 5.57. The summed E-state index contributed by atoms with van der Waals surface area (Å²) in [4.78, 5) is 0. The van der Waals surface area contributed by atoms with Gasteiger partial charge in [-0.15, -0.1) is 0 Å². The third kappa shape index (κ3) is 3.82. The second-order valence-corrected chi connectivity index (χ2v) is 5.57. The summed E-state index contributed by atoms with van der Waals surface area (Å²) in [5.41, 5.74) is 0. The molecular formula is C15H28N2. The third-order valence-corrected chi connectivity index (χ3v) is 4.39. The zero-order chi connectivity index (χ0) is 11.9. The molecule has 2 heteroatoms. The molecule has 3 unspecified atom stereocenters. The number of hydrogen-bond acceptors (Lipinski definition) is 2. The van der Waals surface area contributed by atoms with E-state index in [2.05, 4.69) is 29.7 Å². The zero-order valence-corrected chi connectivity index (χ0v) is 11.3. The van der Waals surface area contributed by atoms with Crippen LogP contribution in [0.3, 0.4) is 0 Å². The van der Waals surface area contributed by atoms with Crippen LogP contribution in [0.5, 0.6) is 0 Å². The van der Waals surface area contributed by atoms with Gasteiger partial charge in [-0.05, 0) is 58.0 Å². The lowest BCUT2D eigenvalue weighted by Gasteiger charge is -2.36. The standard InChI is InChI=1S/C15H28N2/c1-2-3-6-11-16-14-9-5-4-8-13(14)15-10-7-12-17-15/h2-3,13-17H,4-12H2,1H3/b3-2+. The van der Waals surface area contributed by atoms with Gasteiger partial charge in [-0.2, -0.15) is 0 Å². The summed E-state index contributed by atoms with van der Waals surface area (Å²) in [5, 5.41) is 7.50. The molecule has 98 valence electrons. The quantitative estimate of drug-likeness (QED) is 0.566. The highest BCUT2D eigenvalue weighted by Crippen LogP contribution is 2.30. The molecular weight excluding hydrogens is 208 g/mol. The van der Waals surface area contributed by atoms with Crippen molar-refractivity contribution >= 4 is 0 Å². The first-order valence-electron chi connectivity index (χ1n) is 7.49. The van der Waals surface area contributed by atoms with Crippen molar-refractivity contribution in [3.05, 3.63) is 12.2 Å². The van der Waals surface area contributed by atoms with Crippen molar-refractivity contribution in [2.45, 2.75) is 64.0 Å². The van der Waals surface area contributed by atoms with Crippen molar-refractivity contribution in [3.63, 3.8) is 0 Å². The van der Waals surface area contributed by atoms with Gasteiger partial charge in [0.05, 0.1) is 0 Å². The summed E-state index contributed by atoms with van der Waals surface area (Å²) >= 11 is 0. The Hall–Kier alpha value is -0.340. The molecule has 0 spiro atoms. The Kier molecular flexibility index (Phi) is 5.53. The first-order chi connectivity index (χ1) is 8.42. The number of allylic oxidation sites excluding steroid dienone is 1. The molecule has 0 aromatic rings. The van der Waals surface area contributed by atoms with Crippen molar-refractivity contribution in [1.82, 2.24) is 10.6 Å². The van der Waals surface area contributed by atoms with E-state index in [1.165, 1.54) is 51.5 Å². The van der Waals surface area contributed by atoms with Crippen LogP contribution in [-0.4, -0.2) is 25.2 Å². The van der Waals surface area contributed by atoms with Gasteiger partial charge < -0.3 is 10.6 Å². The molecule has 2 rings (SSSR count). The third-order valence-electron chi connectivity index (χ3n) is 4.39. The van der Waals surface area contributed by atoms with Crippen molar-refractivity contribution in [1.29, 1.82) is 0 Å². The minimum absolute atomic E-state index is 0.768. The van der Waals surface area contributed by atoms with Gasteiger partial charge in [0, 0.05) is 12.1 Å². The molecule has 1 saturated carbocycles. The van der Waals surface area contributed by atoms with Gasteiger partial charge in [0.1, 0.15) is 0 Å². The van der Waals surface area contributed by atoms with Crippen LogP contribution in [0.15, 0.2) is 12.2 Å². The van der Waals surface area contributed by atoms with Crippen LogP contribution in [0.25, 0.3) is 0 Å². The van der Waals surface area contributed by atoms with E-state index in [9.17, 15) is 0 Å². The molecule has 0 radical (unpaired) electrons. The lowest BCUT2D eigenvalue weighted by Crippen LogP contribution is -2.47. The lowest BCUT2D eigenvalue weighted by atomic mass is 9.79. The molecule has 0 aromatic heterocycles. The average molecular weight is 236 g/mol. The van der Waals surface area contributed by atoms with Crippen molar-refractivity contribution < 1.29 is 0 Å². The summed E-state index contributed by atoms with van der Waals surface area (Å²) in [5.74, 6) is 0.886. The fourth-order valence-electron chi connectivity index (χ4n) is 3.49. The van der Waals surface area contributed by atoms with Crippen LogP contribution in [0.4, 0.5) is 0 Å². The minimum Gasteiger partial charge on any atom is -0.314 e. The van der Waals surface area contributed by atoms with E-state index in [-0.39, 0.29) is 0 Å². The fourth-order valence-corrected chi connectivity index (χ4v) is 3.49. The Bertz CT molecular complexity index is 231. The Morgan fingerprint density at radius 2 is 2.06 bits per heavy atom. The predicted molar refractivity (Wildman–Crippen MR) is 74.2 cm³/mol. The van der Waals surface area contributed by atoms with Crippen LogP contribution >= 0.6 is 0 Å². The maximum atomic E-state index is 3.79. The molecule has 1 aliphatic carbocycles. The smallest absolute Gasteiger partial charge is 0.0111 e. The highest BCUT2D eigenvalue weighted by atomic mass is 15.0. The maximum absolute atomic E-state index is 3.79. The zero-order valence-electron chi connectivity index (χ0n) is 11.3. The highest BCUT2D eigenvalue weighted by molar-refractivity contribution is 4.92. The van der Waals surface area contributed by atoms with E-state index in [1.807, 2.05) is 0 Å². The first kappa shape index (κ1) is 13.1. The first-order valence-corrected chi connectivity index (χ1v) is 7.49. The van der Waals surface area contributed by atoms with Gasteiger partial charge in [0.15, 0.2) is 0 Å². The van der Waals surface area contributed by atoms with Crippen LogP contribution in [-0.2, 0) is 0 Å². The molecule has 1 saturated heterocycles. The van der Waals surface area contributed by atoms with Crippen LogP contribution < -0.4 is 10.6 Å². The van der Waals surface area contributed by atoms with E-state index in [4.69, 9.17) is 0 Å². The maximum Gasteiger partial charge on any atom is 0.0111 e. The van der Waals surface area contributed by atoms with Gasteiger partial charge >= 0.3 is 0 Å². The molecule has 0 aromatic carbocycles. The lowest BCUT2D eigenvalue weighted by molar-refractivity contribution is 0.216. The summed E-state index contributed by atoms with van der Waals surface area (Å²) in [6.07, 6.45) is 14.1. The molecule has 2 aliphatic rings. The van der Waals surface area contributed by atoms with Gasteiger partial charge in [0.2, 0.25) is 0 Å². The van der Waals surface area contributed by atoms with Crippen molar-refractivity contribution in [2.24, 2.45) is 5.92 Å². The van der Waals surface area contributed by atoms with E-state index in [1.54, 1.807) is 0 Å². The minimum atomic E-state index is 0.768. The van der Waals surface area contributed by atoms with Gasteiger partial charge in [-0.1, -0.05) is 25.0 Å². The molecule has 0 amide bonds. The largest absolute Gasteiger partial charge is 0.314 e. The number of rotatable bonds is 5. The van der Waals surface area contributed by atoms with Gasteiger partial charge in [-0.3, -0.25) is 0 Å². The molecule has 2 nitrogen and oxygen atoms in total. The van der Waals surface area contributed by atoms with Crippen LogP contribution in [0.1, 0.15) is 51.9 Å². The van der Waals surface area contributed by atoms with E-state index >= 15 is 0 Å². The summed E-state index contributed by atoms with van der Waals surface area (Å²) in [7, 11) is 0. The predicted octanol–water partition coefficient (Wildman–Crippen LogP) is 2.85. The monoisotopic (exact) mass is 236 g/mol. The van der Waals surface area contributed by atoms with E-state index in [0.29, 0.717) is 0 Å². The molecule has 2 fully saturated rings. The molecule has 17 heavy (non-hydrogen) atoms. The summed E-state index contributed by atoms with van der Waals surface area (Å²) < 4.78 is 0. The molecule has 2 N–H and O–H groups in total. The Morgan fingerprint density at radius 1 is 1.18 bits per heavy atom. The molecule has 0 bridgehead atoms. The normalized spacial score (nSPS) is 34.5. The Labute approximate surface area is 106 Å². The molecule has 1 heterocycles. The van der Waals surface area contributed by atoms with Gasteiger partial charge in [0.25, 0.3) is 0 Å². The van der Waals surface area contributed by atoms with Crippen LogP contribution in [0, 0.1) is 5.92 Å². The van der Waals surface area contributed by atoms with Crippen LogP contribution in [0.2, 0.25) is 0 Å². The SMILES string of the molecule is C/C=C/CCNC1CCCCC1C1CCCN1. The molecule has 3 atom stereocenters. The van der Waals surface area contributed by atoms with E-state index in [0.717, 1.165) is 24.5 Å². The topological polar surface area (TPSA) is 24.1 Å². The average Bonchev–Trinajstić information content (AvgIpc) is 2.89. The Balaban J connectivity index is 1.79. The number of hydrogen-bond donors (Lipinski definition) is 2. The second kappa shape index (κ2) is 7.17. The highest BCUT2D eigenvalue weighted by Gasteiger charge is 2.32. The van der Waals surface area contributed by atoms with Crippen molar-refractivity contribution in [3.8, 4) is 0 Å². The van der Waals surface area contributed by atoms with Gasteiger partial charge in [-0.25, -0.2) is 0 Å².